The van der Waals surface area contributed by atoms with E-state index in [9.17, 15) is 0 Å². The van der Waals surface area contributed by atoms with Crippen molar-refractivity contribution in [3.8, 4) is 0 Å². The first-order valence-electron chi connectivity index (χ1n) is 3.92. The molecule has 0 amide bonds. The lowest BCUT2D eigenvalue weighted by molar-refractivity contribution is 0.428. The molecule has 0 aromatic rings. The van der Waals surface area contributed by atoms with E-state index in [1.54, 1.807) is 0 Å². The molecule has 1 heteroatoms. The van der Waals surface area contributed by atoms with Gasteiger partial charge in [0.05, 0.1) is 0 Å². The Morgan fingerprint density at radius 1 is 1.64 bits per heavy atom. The number of hydrogen-bond donors (Lipinski definition) is 1. The minimum absolute atomic E-state index is 0.192. The van der Waals surface area contributed by atoms with Gasteiger partial charge in [-0.3, -0.25) is 0 Å². The molecule has 0 fully saturated rings. The Kier molecular flexibility index (Phi) is 2.30. The molecule has 0 aliphatic heterocycles. The second kappa shape index (κ2) is 3.05. The summed E-state index contributed by atoms with van der Waals surface area (Å²) < 4.78 is 0. The number of hydrogen-bond acceptors (Lipinski definition) is 1. The van der Waals surface area contributed by atoms with Gasteiger partial charge in [-0.15, -0.1) is 6.58 Å². The summed E-state index contributed by atoms with van der Waals surface area (Å²) in [7, 11) is 0. The lowest BCUT2D eigenvalue weighted by Crippen LogP contribution is -2.42. The molecule has 2 unspecified atom stereocenters. The van der Waals surface area contributed by atoms with E-state index in [2.05, 4.69) is 12.7 Å². The Balaban J connectivity index is 2.71. The molecule has 2 atom stereocenters. The van der Waals surface area contributed by atoms with E-state index in [4.69, 9.17) is 5.73 Å². The minimum atomic E-state index is -0.192. The molecule has 0 saturated carbocycles. The topological polar surface area (TPSA) is 26.0 Å². The maximum absolute atomic E-state index is 6.02. The molecule has 1 nitrogen and oxygen atoms in total. The van der Waals surface area contributed by atoms with Gasteiger partial charge in [0.2, 0.25) is 0 Å². The van der Waals surface area contributed by atoms with Gasteiger partial charge in [-0.1, -0.05) is 30.4 Å². The van der Waals surface area contributed by atoms with Crippen molar-refractivity contribution >= 4 is 0 Å². The molecule has 0 aromatic carbocycles. The predicted molar refractivity (Wildman–Crippen MR) is 49.2 cm³/mol. The minimum Gasteiger partial charge on any atom is -0.322 e. The van der Waals surface area contributed by atoms with Gasteiger partial charge in [-0.2, -0.15) is 0 Å². The zero-order chi connectivity index (χ0) is 8.32. The third-order valence-electron chi connectivity index (χ3n) is 2.13. The summed E-state index contributed by atoms with van der Waals surface area (Å²) in [6.07, 6.45) is 11.1. The van der Waals surface area contributed by atoms with Crippen molar-refractivity contribution in [2.45, 2.75) is 18.9 Å². The smallest absolute Gasteiger partial charge is 0.0380 e. The molecule has 0 spiro atoms. The summed E-state index contributed by atoms with van der Waals surface area (Å²) in [5.74, 6) is 0.407. The predicted octanol–water partition coefficient (Wildman–Crippen LogP) is 2.02. The fourth-order valence-electron chi connectivity index (χ4n) is 1.30. The van der Waals surface area contributed by atoms with E-state index in [0.29, 0.717) is 5.92 Å². The zero-order valence-corrected chi connectivity index (χ0v) is 6.96. The van der Waals surface area contributed by atoms with E-state index in [1.807, 2.05) is 31.2 Å². The lowest BCUT2D eigenvalue weighted by atomic mass is 9.81. The number of nitrogens with two attached hydrogens (primary N) is 1. The van der Waals surface area contributed by atoms with Crippen LogP contribution in [-0.4, -0.2) is 5.54 Å². The van der Waals surface area contributed by atoms with Gasteiger partial charge in [-0.25, -0.2) is 0 Å². The Morgan fingerprint density at radius 2 is 2.36 bits per heavy atom. The average Bonchev–Trinajstić information content (AvgIpc) is 1.94. The van der Waals surface area contributed by atoms with Crippen molar-refractivity contribution < 1.29 is 0 Å². The summed E-state index contributed by atoms with van der Waals surface area (Å²) >= 11 is 0. The maximum atomic E-state index is 6.02. The SMILES string of the molecule is C=CCC1C=CC=CC1(C)N. The van der Waals surface area contributed by atoms with Crippen LogP contribution < -0.4 is 5.73 Å². The van der Waals surface area contributed by atoms with Crippen molar-refractivity contribution in [3.63, 3.8) is 0 Å². The van der Waals surface area contributed by atoms with Gasteiger partial charge in [0.25, 0.3) is 0 Å². The first-order valence-corrected chi connectivity index (χ1v) is 3.92. The van der Waals surface area contributed by atoms with E-state index in [1.165, 1.54) is 0 Å². The van der Waals surface area contributed by atoms with Crippen LogP contribution in [0.3, 0.4) is 0 Å². The summed E-state index contributed by atoms with van der Waals surface area (Å²) in [4.78, 5) is 0. The molecule has 0 bridgehead atoms. The third-order valence-corrected chi connectivity index (χ3v) is 2.13. The highest BCUT2D eigenvalue weighted by Gasteiger charge is 2.25. The van der Waals surface area contributed by atoms with Crippen molar-refractivity contribution in [2.75, 3.05) is 0 Å². The van der Waals surface area contributed by atoms with E-state index < -0.39 is 0 Å². The van der Waals surface area contributed by atoms with Crippen LogP contribution in [0.2, 0.25) is 0 Å². The molecule has 1 rings (SSSR count). The Morgan fingerprint density at radius 3 is 2.91 bits per heavy atom. The molecule has 0 aromatic heterocycles. The number of rotatable bonds is 2. The van der Waals surface area contributed by atoms with E-state index >= 15 is 0 Å². The molecule has 0 heterocycles. The monoisotopic (exact) mass is 149 g/mol. The van der Waals surface area contributed by atoms with Crippen LogP contribution in [0.4, 0.5) is 0 Å². The zero-order valence-electron chi connectivity index (χ0n) is 6.96. The Bertz CT molecular complexity index is 199. The van der Waals surface area contributed by atoms with Crippen LogP contribution in [-0.2, 0) is 0 Å². The highest BCUT2D eigenvalue weighted by Crippen LogP contribution is 2.24. The summed E-state index contributed by atoms with van der Waals surface area (Å²) in [6.45, 7) is 5.75. The van der Waals surface area contributed by atoms with Crippen LogP contribution >= 0.6 is 0 Å². The van der Waals surface area contributed by atoms with Crippen LogP contribution in [0.15, 0.2) is 37.0 Å². The highest BCUT2D eigenvalue weighted by atomic mass is 14.7. The third kappa shape index (κ3) is 1.81. The largest absolute Gasteiger partial charge is 0.322 e. The molecule has 2 N–H and O–H groups in total. The van der Waals surface area contributed by atoms with Crippen molar-refractivity contribution in [1.29, 1.82) is 0 Å². The quantitative estimate of drug-likeness (QED) is 0.597. The molecule has 60 valence electrons. The van der Waals surface area contributed by atoms with Crippen LogP contribution in [0.1, 0.15) is 13.3 Å². The highest BCUT2D eigenvalue weighted by molar-refractivity contribution is 5.22. The Hall–Kier alpha value is -0.820. The first-order chi connectivity index (χ1) is 5.17. The van der Waals surface area contributed by atoms with Gasteiger partial charge < -0.3 is 5.73 Å². The maximum Gasteiger partial charge on any atom is 0.0380 e. The second-order valence-electron chi connectivity index (χ2n) is 3.24. The molecule has 0 saturated heterocycles. The fraction of sp³-hybridized carbons (Fsp3) is 0.400. The van der Waals surface area contributed by atoms with Crippen LogP contribution in [0.5, 0.6) is 0 Å². The van der Waals surface area contributed by atoms with Gasteiger partial charge in [0.15, 0.2) is 0 Å². The molecular weight excluding hydrogens is 134 g/mol. The summed E-state index contributed by atoms with van der Waals surface area (Å²) in [6, 6.07) is 0. The van der Waals surface area contributed by atoms with Gasteiger partial charge >= 0.3 is 0 Å². The second-order valence-corrected chi connectivity index (χ2v) is 3.24. The Labute approximate surface area is 68.3 Å². The molecule has 0 radical (unpaired) electrons. The summed E-state index contributed by atoms with van der Waals surface area (Å²) in [5.41, 5.74) is 5.83. The van der Waals surface area contributed by atoms with Crippen LogP contribution in [0.25, 0.3) is 0 Å². The van der Waals surface area contributed by atoms with Crippen molar-refractivity contribution in [3.05, 3.63) is 37.0 Å². The normalized spacial score (nSPS) is 35.6. The van der Waals surface area contributed by atoms with Gasteiger partial charge in [-0.05, 0) is 13.3 Å². The van der Waals surface area contributed by atoms with Crippen molar-refractivity contribution in [2.24, 2.45) is 11.7 Å². The van der Waals surface area contributed by atoms with Crippen molar-refractivity contribution in [1.82, 2.24) is 0 Å². The average molecular weight is 149 g/mol. The lowest BCUT2D eigenvalue weighted by Gasteiger charge is -2.30. The standard InChI is InChI=1S/C10H15N/c1-3-6-9-7-4-5-8-10(9,2)11/h3-5,7-9H,1,6,11H2,2H3. The van der Waals surface area contributed by atoms with E-state index in [0.717, 1.165) is 6.42 Å². The first kappa shape index (κ1) is 8.28. The van der Waals surface area contributed by atoms with Crippen LogP contribution in [0, 0.1) is 5.92 Å². The summed E-state index contributed by atoms with van der Waals surface area (Å²) in [5, 5.41) is 0. The molecule has 11 heavy (non-hydrogen) atoms. The number of allylic oxidation sites excluding steroid dienone is 3. The molecule has 1 aliphatic rings. The molecule has 1 aliphatic carbocycles. The molecular formula is C10H15N. The fourth-order valence-corrected chi connectivity index (χ4v) is 1.30. The van der Waals surface area contributed by atoms with Gasteiger partial charge in [0.1, 0.15) is 0 Å². The van der Waals surface area contributed by atoms with E-state index in [-0.39, 0.29) is 5.54 Å². The van der Waals surface area contributed by atoms with Gasteiger partial charge in [0, 0.05) is 11.5 Å².